The zero-order valence-corrected chi connectivity index (χ0v) is 16.7. The zero-order valence-electron chi connectivity index (χ0n) is 16.7. The normalized spacial score (nSPS) is 21.2. The molecule has 1 aromatic heterocycles. The molecule has 1 unspecified atom stereocenters. The Labute approximate surface area is 171 Å². The van der Waals surface area contributed by atoms with Crippen molar-refractivity contribution in [2.45, 2.75) is 50.9 Å². The summed E-state index contributed by atoms with van der Waals surface area (Å²) in [5.74, 6) is -0.175. The van der Waals surface area contributed by atoms with E-state index in [1.54, 1.807) is 11.0 Å². The molecular weight excluding hydrogens is 368 g/mol. The van der Waals surface area contributed by atoms with Crippen LogP contribution >= 0.6 is 0 Å². The highest BCUT2D eigenvalue weighted by atomic mass is 16.5. The number of rotatable bonds is 5. The van der Waals surface area contributed by atoms with Crippen LogP contribution in [-0.4, -0.2) is 53.4 Å². The lowest BCUT2D eigenvalue weighted by Crippen LogP contribution is -2.46. The number of ether oxygens (including phenoxy) is 1. The van der Waals surface area contributed by atoms with E-state index in [-0.39, 0.29) is 30.5 Å². The molecule has 1 saturated heterocycles. The van der Waals surface area contributed by atoms with E-state index in [0.29, 0.717) is 25.3 Å². The van der Waals surface area contributed by atoms with Gasteiger partial charge in [-0.05, 0) is 24.5 Å². The van der Waals surface area contributed by atoms with Crippen LogP contribution in [0.1, 0.15) is 48.0 Å². The SMILES string of the molecule is O=C(c1ccoc1)N1CC(=O)N(C2CCCCC2)CC(OCc2ccccc2)C1. The van der Waals surface area contributed by atoms with Crippen LogP contribution in [0.2, 0.25) is 0 Å². The van der Waals surface area contributed by atoms with Crippen LogP contribution < -0.4 is 0 Å². The van der Waals surface area contributed by atoms with Gasteiger partial charge in [0.25, 0.3) is 5.91 Å². The molecule has 2 fully saturated rings. The standard InChI is InChI=1S/C23H28N2O4/c26-22-15-24(23(27)19-11-12-28-17-19)13-21(29-16-18-7-3-1-4-8-18)14-25(22)20-9-5-2-6-10-20/h1,3-4,7-8,11-12,17,20-21H,2,5-6,9-10,13-16H2. The van der Waals surface area contributed by atoms with Crippen molar-refractivity contribution >= 4 is 11.8 Å². The molecule has 4 rings (SSSR count). The molecule has 6 nitrogen and oxygen atoms in total. The highest BCUT2D eigenvalue weighted by molar-refractivity contribution is 5.96. The van der Waals surface area contributed by atoms with Crippen LogP contribution in [0.25, 0.3) is 0 Å². The largest absolute Gasteiger partial charge is 0.472 e. The number of furan rings is 1. The second kappa shape index (κ2) is 9.27. The van der Waals surface area contributed by atoms with Gasteiger partial charge >= 0.3 is 0 Å². The topological polar surface area (TPSA) is 63.0 Å². The van der Waals surface area contributed by atoms with Crippen LogP contribution in [0.4, 0.5) is 0 Å². The number of carbonyl (C=O) groups is 2. The summed E-state index contributed by atoms with van der Waals surface area (Å²) in [4.78, 5) is 29.5. The first-order chi connectivity index (χ1) is 14.2. The van der Waals surface area contributed by atoms with Gasteiger partial charge in [-0.15, -0.1) is 0 Å². The molecule has 0 N–H and O–H groups in total. The van der Waals surface area contributed by atoms with Crippen molar-refractivity contribution in [2.24, 2.45) is 0 Å². The average Bonchev–Trinajstić information content (AvgIpc) is 3.24. The second-order valence-electron chi connectivity index (χ2n) is 7.95. The Bertz CT molecular complexity index is 800. The second-order valence-corrected chi connectivity index (χ2v) is 7.95. The molecule has 1 atom stereocenters. The molecule has 154 valence electrons. The van der Waals surface area contributed by atoms with Crippen molar-refractivity contribution in [3.8, 4) is 0 Å². The van der Waals surface area contributed by atoms with Gasteiger partial charge in [-0.25, -0.2) is 0 Å². The third-order valence-corrected chi connectivity index (χ3v) is 5.87. The van der Waals surface area contributed by atoms with Gasteiger partial charge in [-0.1, -0.05) is 49.6 Å². The Hall–Kier alpha value is -2.60. The summed E-state index contributed by atoms with van der Waals surface area (Å²) >= 11 is 0. The van der Waals surface area contributed by atoms with E-state index in [4.69, 9.17) is 9.15 Å². The molecule has 29 heavy (non-hydrogen) atoms. The number of amides is 2. The maximum absolute atomic E-state index is 13.1. The zero-order chi connectivity index (χ0) is 20.1. The molecule has 0 bridgehead atoms. The molecule has 1 saturated carbocycles. The van der Waals surface area contributed by atoms with E-state index >= 15 is 0 Å². The van der Waals surface area contributed by atoms with Crippen LogP contribution in [-0.2, 0) is 16.1 Å². The Kier molecular flexibility index (Phi) is 6.30. The fraction of sp³-hybridized carbons (Fsp3) is 0.478. The summed E-state index contributed by atoms with van der Waals surface area (Å²) in [5.41, 5.74) is 1.55. The lowest BCUT2D eigenvalue weighted by atomic mass is 9.94. The van der Waals surface area contributed by atoms with E-state index in [9.17, 15) is 9.59 Å². The summed E-state index contributed by atoms with van der Waals surface area (Å²) in [7, 11) is 0. The first-order valence-electron chi connectivity index (χ1n) is 10.5. The van der Waals surface area contributed by atoms with Crippen LogP contribution in [0.5, 0.6) is 0 Å². The fourth-order valence-electron chi connectivity index (χ4n) is 4.31. The summed E-state index contributed by atoms with van der Waals surface area (Å²) in [5, 5.41) is 0. The number of hydrogen-bond donors (Lipinski definition) is 0. The van der Waals surface area contributed by atoms with E-state index in [1.807, 2.05) is 35.2 Å². The van der Waals surface area contributed by atoms with Gasteiger partial charge in [0.15, 0.2) is 0 Å². The Morgan fingerprint density at radius 1 is 1.07 bits per heavy atom. The molecule has 6 heteroatoms. The van der Waals surface area contributed by atoms with Crippen molar-refractivity contribution in [3.63, 3.8) is 0 Å². The van der Waals surface area contributed by atoms with Gasteiger partial charge in [0, 0.05) is 19.1 Å². The van der Waals surface area contributed by atoms with Crippen molar-refractivity contribution < 1.29 is 18.7 Å². The fourth-order valence-corrected chi connectivity index (χ4v) is 4.31. The van der Waals surface area contributed by atoms with Gasteiger partial charge in [0.1, 0.15) is 12.8 Å². The number of hydrogen-bond acceptors (Lipinski definition) is 4. The first kappa shape index (κ1) is 19.7. The van der Waals surface area contributed by atoms with Crippen molar-refractivity contribution in [3.05, 3.63) is 60.1 Å². The van der Waals surface area contributed by atoms with E-state index in [0.717, 1.165) is 31.2 Å². The lowest BCUT2D eigenvalue weighted by Gasteiger charge is -2.34. The summed E-state index contributed by atoms with van der Waals surface area (Å²) < 4.78 is 11.3. The van der Waals surface area contributed by atoms with Crippen molar-refractivity contribution in [2.75, 3.05) is 19.6 Å². The molecular formula is C23H28N2O4. The molecule has 2 aromatic rings. The molecule has 2 heterocycles. The predicted molar refractivity (Wildman–Crippen MR) is 108 cm³/mol. The average molecular weight is 396 g/mol. The molecule has 0 spiro atoms. The quantitative estimate of drug-likeness (QED) is 0.776. The van der Waals surface area contributed by atoms with Crippen molar-refractivity contribution in [1.29, 1.82) is 0 Å². The molecule has 0 radical (unpaired) electrons. The number of benzene rings is 1. The molecule has 2 amide bonds. The third-order valence-electron chi connectivity index (χ3n) is 5.87. The Balaban J connectivity index is 1.51. The monoisotopic (exact) mass is 396 g/mol. The van der Waals surface area contributed by atoms with Gasteiger partial charge < -0.3 is 19.0 Å². The van der Waals surface area contributed by atoms with Crippen LogP contribution in [0, 0.1) is 0 Å². The highest BCUT2D eigenvalue weighted by Crippen LogP contribution is 2.25. The highest BCUT2D eigenvalue weighted by Gasteiger charge is 2.35. The molecule has 2 aliphatic rings. The van der Waals surface area contributed by atoms with Crippen molar-refractivity contribution in [1.82, 2.24) is 9.80 Å². The van der Waals surface area contributed by atoms with E-state index in [2.05, 4.69) is 0 Å². The molecule has 1 aromatic carbocycles. The minimum atomic E-state index is -0.223. The summed E-state index contributed by atoms with van der Waals surface area (Å²) in [6.45, 7) is 1.48. The van der Waals surface area contributed by atoms with Crippen LogP contribution in [0.3, 0.4) is 0 Å². The first-order valence-corrected chi connectivity index (χ1v) is 10.5. The lowest BCUT2D eigenvalue weighted by molar-refractivity contribution is -0.134. The maximum Gasteiger partial charge on any atom is 0.257 e. The summed E-state index contributed by atoms with van der Waals surface area (Å²) in [6, 6.07) is 11.9. The van der Waals surface area contributed by atoms with Gasteiger partial charge in [-0.2, -0.15) is 0 Å². The minimum absolute atomic E-state index is 0.0135. The van der Waals surface area contributed by atoms with Gasteiger partial charge in [-0.3, -0.25) is 9.59 Å². The van der Waals surface area contributed by atoms with E-state index in [1.165, 1.54) is 18.9 Å². The van der Waals surface area contributed by atoms with Crippen LogP contribution in [0.15, 0.2) is 53.3 Å². The van der Waals surface area contributed by atoms with Gasteiger partial charge in [0.05, 0.1) is 24.5 Å². The Morgan fingerprint density at radius 3 is 2.59 bits per heavy atom. The smallest absolute Gasteiger partial charge is 0.257 e. The molecule has 1 aliphatic heterocycles. The third kappa shape index (κ3) is 4.88. The number of nitrogens with zero attached hydrogens (tertiary/aromatic N) is 2. The van der Waals surface area contributed by atoms with E-state index < -0.39 is 0 Å². The van der Waals surface area contributed by atoms with Gasteiger partial charge in [0.2, 0.25) is 5.91 Å². The summed E-state index contributed by atoms with van der Waals surface area (Å²) in [6.07, 6.45) is 8.29. The predicted octanol–water partition coefficient (Wildman–Crippen LogP) is 3.48. The minimum Gasteiger partial charge on any atom is -0.472 e. The maximum atomic E-state index is 13.1. The Morgan fingerprint density at radius 2 is 1.86 bits per heavy atom. The molecule has 1 aliphatic carbocycles. The number of carbonyl (C=O) groups excluding carboxylic acids is 2.